The van der Waals surface area contributed by atoms with Crippen LogP contribution in [0.4, 0.5) is 5.69 Å². The highest BCUT2D eigenvalue weighted by molar-refractivity contribution is 7.10. The molecule has 0 aliphatic heterocycles. The number of aromatic nitrogens is 1. The number of nitro groups is 1. The first-order chi connectivity index (χ1) is 15.8. The van der Waals surface area contributed by atoms with Gasteiger partial charge in [-0.3, -0.25) is 19.5 Å². The standard InChI is InChI=1S/C24H23N3O5S/c1-15(2)12-16-5-7-17(8-6-16)23(21-4-3-11-33-21)25-22(28)14-26-19-10-9-18(27(30)31)13-20(19)32-24(26)29/h3-11,13,15,23H,12,14H2,1-2H3,(H,25,28). The summed E-state index contributed by atoms with van der Waals surface area (Å²) in [6.07, 6.45) is 0.977. The van der Waals surface area contributed by atoms with Crippen LogP contribution in [0, 0.1) is 16.0 Å². The number of carbonyl (C=O) groups excluding carboxylic acids is 1. The number of amides is 1. The van der Waals surface area contributed by atoms with Gasteiger partial charge < -0.3 is 9.73 Å². The zero-order chi connectivity index (χ0) is 23.5. The Labute approximate surface area is 193 Å². The summed E-state index contributed by atoms with van der Waals surface area (Å²) in [6, 6.07) is 15.6. The van der Waals surface area contributed by atoms with E-state index < -0.39 is 10.7 Å². The lowest BCUT2D eigenvalue weighted by Gasteiger charge is -2.19. The molecule has 0 aliphatic carbocycles. The van der Waals surface area contributed by atoms with Crippen molar-refractivity contribution in [3.8, 4) is 0 Å². The van der Waals surface area contributed by atoms with Crippen molar-refractivity contribution >= 4 is 34.0 Å². The van der Waals surface area contributed by atoms with Gasteiger partial charge >= 0.3 is 5.76 Å². The van der Waals surface area contributed by atoms with E-state index in [9.17, 15) is 19.7 Å². The molecule has 0 fully saturated rings. The summed E-state index contributed by atoms with van der Waals surface area (Å²) < 4.78 is 6.29. The molecule has 2 aromatic carbocycles. The fourth-order valence-corrected chi connectivity index (χ4v) is 4.56. The third kappa shape index (κ3) is 5.04. The quantitative estimate of drug-likeness (QED) is 0.301. The second-order valence-electron chi connectivity index (χ2n) is 8.22. The lowest BCUT2D eigenvalue weighted by Crippen LogP contribution is -2.34. The van der Waals surface area contributed by atoms with Gasteiger partial charge in [0.15, 0.2) is 5.58 Å². The molecule has 0 saturated heterocycles. The van der Waals surface area contributed by atoms with Gasteiger partial charge in [0.05, 0.1) is 22.5 Å². The summed E-state index contributed by atoms with van der Waals surface area (Å²) in [5.41, 5.74) is 2.38. The lowest BCUT2D eigenvalue weighted by atomic mass is 9.99. The van der Waals surface area contributed by atoms with Crippen LogP contribution in [-0.4, -0.2) is 15.4 Å². The molecule has 4 rings (SSSR count). The van der Waals surface area contributed by atoms with Gasteiger partial charge in [-0.25, -0.2) is 4.79 Å². The molecule has 1 amide bonds. The topological polar surface area (TPSA) is 107 Å². The van der Waals surface area contributed by atoms with Gasteiger partial charge in [-0.1, -0.05) is 44.2 Å². The molecule has 0 spiro atoms. The first-order valence-corrected chi connectivity index (χ1v) is 11.4. The molecular formula is C24H23N3O5S. The fourth-order valence-electron chi connectivity index (χ4n) is 3.76. The third-order valence-electron chi connectivity index (χ3n) is 5.25. The number of nitrogens with one attached hydrogen (secondary N) is 1. The number of rotatable bonds is 8. The Morgan fingerprint density at radius 2 is 1.94 bits per heavy atom. The van der Waals surface area contributed by atoms with Crippen LogP contribution in [0.1, 0.15) is 35.9 Å². The number of carbonyl (C=O) groups is 1. The van der Waals surface area contributed by atoms with Gasteiger partial charge in [-0.05, 0) is 41.0 Å². The van der Waals surface area contributed by atoms with Crippen molar-refractivity contribution in [2.75, 3.05) is 0 Å². The maximum absolute atomic E-state index is 13.0. The van der Waals surface area contributed by atoms with E-state index in [2.05, 4.69) is 31.3 Å². The predicted octanol–water partition coefficient (Wildman–Crippen LogP) is 4.67. The average molecular weight is 466 g/mol. The molecule has 2 heterocycles. The maximum Gasteiger partial charge on any atom is 0.420 e. The van der Waals surface area contributed by atoms with E-state index in [1.54, 1.807) is 0 Å². The van der Waals surface area contributed by atoms with Crippen molar-refractivity contribution in [1.82, 2.24) is 9.88 Å². The molecule has 0 bridgehead atoms. The van der Waals surface area contributed by atoms with Crippen LogP contribution in [0.5, 0.6) is 0 Å². The number of benzene rings is 2. The number of nitro benzene ring substituents is 1. The Balaban J connectivity index is 1.58. The van der Waals surface area contributed by atoms with Gasteiger partial charge in [-0.15, -0.1) is 11.3 Å². The van der Waals surface area contributed by atoms with Gasteiger partial charge in [-0.2, -0.15) is 0 Å². The van der Waals surface area contributed by atoms with Crippen molar-refractivity contribution < 1.29 is 14.1 Å². The van der Waals surface area contributed by atoms with Crippen molar-refractivity contribution in [1.29, 1.82) is 0 Å². The highest BCUT2D eigenvalue weighted by Crippen LogP contribution is 2.27. The molecule has 170 valence electrons. The van der Waals surface area contributed by atoms with E-state index in [0.717, 1.165) is 16.9 Å². The number of oxazole rings is 1. The third-order valence-corrected chi connectivity index (χ3v) is 6.19. The fraction of sp³-hybridized carbons (Fsp3) is 0.250. The first-order valence-electron chi connectivity index (χ1n) is 10.5. The monoisotopic (exact) mass is 465 g/mol. The highest BCUT2D eigenvalue weighted by atomic mass is 32.1. The Morgan fingerprint density at radius 1 is 1.18 bits per heavy atom. The minimum Gasteiger partial charge on any atom is -0.407 e. The van der Waals surface area contributed by atoms with Crippen molar-refractivity contribution in [3.63, 3.8) is 0 Å². The molecule has 1 N–H and O–H groups in total. The van der Waals surface area contributed by atoms with Crippen LogP contribution in [0.3, 0.4) is 0 Å². The van der Waals surface area contributed by atoms with E-state index in [1.807, 2.05) is 29.6 Å². The van der Waals surface area contributed by atoms with E-state index in [0.29, 0.717) is 11.4 Å². The Morgan fingerprint density at radius 3 is 2.58 bits per heavy atom. The van der Waals surface area contributed by atoms with Crippen LogP contribution in [0.15, 0.2) is 69.2 Å². The molecule has 0 aliphatic rings. The van der Waals surface area contributed by atoms with Crippen molar-refractivity contribution in [3.05, 3.63) is 96.6 Å². The molecule has 9 heteroatoms. The minimum absolute atomic E-state index is 0.0672. The number of hydrogen-bond donors (Lipinski definition) is 1. The highest BCUT2D eigenvalue weighted by Gasteiger charge is 2.21. The van der Waals surface area contributed by atoms with Crippen LogP contribution in [0.25, 0.3) is 11.1 Å². The molecule has 0 radical (unpaired) electrons. The molecular weight excluding hydrogens is 442 g/mol. The molecule has 8 nitrogen and oxygen atoms in total. The number of non-ortho nitro benzene ring substituents is 1. The zero-order valence-corrected chi connectivity index (χ0v) is 19.0. The van der Waals surface area contributed by atoms with Crippen molar-refractivity contribution in [2.24, 2.45) is 5.92 Å². The van der Waals surface area contributed by atoms with E-state index >= 15 is 0 Å². The summed E-state index contributed by atoms with van der Waals surface area (Å²) in [6.45, 7) is 4.07. The van der Waals surface area contributed by atoms with Gasteiger partial charge in [0.1, 0.15) is 6.54 Å². The number of thiophene rings is 1. The average Bonchev–Trinajstić information content (AvgIpc) is 3.40. The van der Waals surface area contributed by atoms with Crippen LogP contribution in [-0.2, 0) is 17.8 Å². The molecule has 0 saturated carbocycles. The second kappa shape index (κ2) is 9.41. The predicted molar refractivity (Wildman–Crippen MR) is 126 cm³/mol. The summed E-state index contributed by atoms with van der Waals surface area (Å²) in [5, 5.41) is 15.9. The molecule has 1 unspecified atom stereocenters. The smallest absolute Gasteiger partial charge is 0.407 e. The number of fused-ring (bicyclic) bond motifs is 1. The summed E-state index contributed by atoms with van der Waals surface area (Å²) in [4.78, 5) is 36.6. The van der Waals surface area contributed by atoms with Crippen molar-refractivity contribution in [2.45, 2.75) is 32.9 Å². The van der Waals surface area contributed by atoms with Crippen LogP contribution in [0.2, 0.25) is 0 Å². The largest absolute Gasteiger partial charge is 0.420 e. The first kappa shape index (κ1) is 22.5. The van der Waals surface area contributed by atoms with Gasteiger partial charge in [0, 0.05) is 10.9 Å². The lowest BCUT2D eigenvalue weighted by molar-refractivity contribution is -0.384. The Kier molecular flexibility index (Phi) is 6.41. The second-order valence-corrected chi connectivity index (χ2v) is 9.20. The Hall–Kier alpha value is -3.72. The van der Waals surface area contributed by atoms with E-state index in [-0.39, 0.29) is 29.8 Å². The van der Waals surface area contributed by atoms with Gasteiger partial charge in [0.2, 0.25) is 5.91 Å². The van der Waals surface area contributed by atoms with E-state index in [4.69, 9.17) is 4.42 Å². The summed E-state index contributed by atoms with van der Waals surface area (Å²) in [5.74, 6) is -0.567. The molecule has 2 aromatic heterocycles. The molecule has 33 heavy (non-hydrogen) atoms. The number of nitrogens with zero attached hydrogens (tertiary/aromatic N) is 2. The normalized spacial score (nSPS) is 12.2. The van der Waals surface area contributed by atoms with Gasteiger partial charge in [0.25, 0.3) is 5.69 Å². The van der Waals surface area contributed by atoms with Crippen LogP contribution >= 0.6 is 11.3 Å². The molecule has 4 aromatic rings. The van der Waals surface area contributed by atoms with Crippen LogP contribution < -0.4 is 11.1 Å². The zero-order valence-electron chi connectivity index (χ0n) is 18.2. The summed E-state index contributed by atoms with van der Waals surface area (Å²) >= 11 is 1.54. The SMILES string of the molecule is CC(C)Cc1ccc(C(NC(=O)Cn2c(=O)oc3cc([N+](=O)[O-])ccc32)c2cccs2)cc1. The molecule has 1 atom stereocenters. The Bertz CT molecular complexity index is 1340. The van der Waals surface area contributed by atoms with E-state index in [1.165, 1.54) is 39.7 Å². The summed E-state index contributed by atoms with van der Waals surface area (Å²) in [7, 11) is 0. The minimum atomic E-state index is -0.744. The maximum atomic E-state index is 13.0. The number of hydrogen-bond acceptors (Lipinski definition) is 6.